The molecule has 0 spiro atoms. The summed E-state index contributed by atoms with van der Waals surface area (Å²) in [6.07, 6.45) is 6.47. The van der Waals surface area contributed by atoms with E-state index in [0.29, 0.717) is 13.2 Å². The highest BCUT2D eigenvalue weighted by Crippen LogP contribution is 2.34. The monoisotopic (exact) mass is 624 g/mol. The zero-order valence-electron chi connectivity index (χ0n) is 27.4. The van der Waals surface area contributed by atoms with Crippen LogP contribution in [0.15, 0.2) is 128 Å². The normalized spacial score (nSPS) is 13.1. The van der Waals surface area contributed by atoms with E-state index in [2.05, 4.69) is 162 Å². The lowest BCUT2D eigenvalue weighted by Gasteiger charge is -2.22. The van der Waals surface area contributed by atoms with Gasteiger partial charge in [0.05, 0.1) is 46.7 Å². The first-order chi connectivity index (χ1) is 23.4. The van der Waals surface area contributed by atoms with Crippen molar-refractivity contribution in [1.82, 2.24) is 14.1 Å². The molecule has 5 aromatic carbocycles. The summed E-state index contributed by atoms with van der Waals surface area (Å²) in [5, 5.41) is 2.47. The molecule has 48 heavy (non-hydrogen) atoms. The van der Waals surface area contributed by atoms with E-state index in [-0.39, 0.29) is 5.41 Å². The van der Waals surface area contributed by atoms with E-state index in [1.54, 1.807) is 0 Å². The molecule has 234 valence electrons. The van der Waals surface area contributed by atoms with Crippen LogP contribution in [-0.4, -0.2) is 14.1 Å². The molecule has 0 fully saturated rings. The lowest BCUT2D eigenvalue weighted by atomic mass is 9.85. The van der Waals surface area contributed by atoms with Gasteiger partial charge in [-0.3, -0.25) is 13.7 Å². The van der Waals surface area contributed by atoms with Crippen molar-refractivity contribution in [3.63, 3.8) is 0 Å². The van der Waals surface area contributed by atoms with E-state index in [0.717, 1.165) is 40.2 Å². The smallest absolute Gasteiger partial charge is 0.269 e. The van der Waals surface area contributed by atoms with Crippen molar-refractivity contribution in [2.75, 3.05) is 0 Å². The summed E-state index contributed by atoms with van der Waals surface area (Å²) in [6.45, 7) is 8.14. The van der Waals surface area contributed by atoms with Crippen LogP contribution in [0.2, 0.25) is 0 Å². The molecule has 9 rings (SSSR count). The summed E-state index contributed by atoms with van der Waals surface area (Å²) in [6, 6.07) is 43.8. The lowest BCUT2D eigenvalue weighted by Crippen LogP contribution is -2.29. The van der Waals surface area contributed by atoms with E-state index < -0.39 is 0 Å². The maximum atomic E-state index is 5.72. The molecule has 1 aliphatic heterocycles. The number of hydrogen-bond donors (Lipinski definition) is 0. The molecule has 0 aliphatic carbocycles. The van der Waals surface area contributed by atoms with Gasteiger partial charge in [0.25, 0.3) is 6.33 Å². The van der Waals surface area contributed by atoms with Crippen LogP contribution in [-0.2, 0) is 29.8 Å². The summed E-state index contributed by atoms with van der Waals surface area (Å²) in [5.41, 5.74) is 13.0. The van der Waals surface area contributed by atoms with Crippen LogP contribution in [0.5, 0.6) is 0 Å². The van der Waals surface area contributed by atoms with Gasteiger partial charge in [0.1, 0.15) is 5.82 Å². The fourth-order valence-corrected chi connectivity index (χ4v) is 7.14. The summed E-state index contributed by atoms with van der Waals surface area (Å²) in [7, 11) is 0. The molecule has 0 amide bonds. The Balaban J connectivity index is 1.18. The zero-order valence-corrected chi connectivity index (χ0v) is 27.4. The molecule has 5 heteroatoms. The molecular formula is C43H36N4O. The second-order valence-corrected chi connectivity index (χ2v) is 13.9. The first kappa shape index (κ1) is 28.7. The number of benzene rings is 5. The van der Waals surface area contributed by atoms with Gasteiger partial charge in [-0.05, 0) is 76.6 Å². The highest BCUT2D eigenvalue weighted by atomic mass is 16.5. The summed E-state index contributed by atoms with van der Waals surface area (Å²) >= 11 is 0. The van der Waals surface area contributed by atoms with Crippen molar-refractivity contribution in [1.29, 1.82) is 0 Å². The highest BCUT2D eigenvalue weighted by molar-refractivity contribution is 6.09. The van der Waals surface area contributed by atoms with Crippen LogP contribution in [0, 0.1) is 6.33 Å². The van der Waals surface area contributed by atoms with Gasteiger partial charge in [-0.15, -0.1) is 0 Å². The number of rotatable bonds is 5. The fourth-order valence-electron chi connectivity index (χ4n) is 7.14. The summed E-state index contributed by atoms with van der Waals surface area (Å²) < 4.78 is 12.4. The maximum absolute atomic E-state index is 5.72. The average Bonchev–Trinajstić information content (AvgIpc) is 3.82. The number of imidazole rings is 1. The molecular weight excluding hydrogens is 589 g/mol. The van der Waals surface area contributed by atoms with Gasteiger partial charge in [-0.2, -0.15) is 0 Å². The highest BCUT2D eigenvalue weighted by Gasteiger charge is 2.20. The SMILES string of the molecule is CC(C)(C)c1cc(Cc2ccc3c4ccccc4n(-c4cc5c(cn4)COC5)c3c2)cc(-n2[c-][n+](-c3ccccc3)c3ccccc32)c1. The fraction of sp³-hybridized carbons (Fsp3) is 0.163. The zero-order chi connectivity index (χ0) is 32.4. The lowest BCUT2D eigenvalue weighted by molar-refractivity contribution is -0.572. The van der Waals surface area contributed by atoms with Gasteiger partial charge < -0.3 is 4.74 Å². The Bertz CT molecular complexity index is 2500. The number of ether oxygens (including phenoxy) is 1. The Labute approximate surface area is 280 Å². The summed E-state index contributed by atoms with van der Waals surface area (Å²) in [4.78, 5) is 4.91. The molecule has 0 atom stereocenters. The van der Waals surface area contributed by atoms with Crippen LogP contribution in [0.25, 0.3) is 50.0 Å². The van der Waals surface area contributed by atoms with E-state index >= 15 is 0 Å². The molecule has 0 N–H and O–H groups in total. The third-order valence-corrected chi connectivity index (χ3v) is 9.64. The topological polar surface area (TPSA) is 35.9 Å². The van der Waals surface area contributed by atoms with Crippen molar-refractivity contribution >= 4 is 32.8 Å². The van der Waals surface area contributed by atoms with E-state index in [4.69, 9.17) is 9.72 Å². The van der Waals surface area contributed by atoms with Gasteiger partial charge in [0, 0.05) is 22.5 Å². The number of pyridine rings is 1. The number of hydrogen-bond acceptors (Lipinski definition) is 2. The van der Waals surface area contributed by atoms with Crippen LogP contribution in [0.4, 0.5) is 0 Å². The Kier molecular flexibility index (Phi) is 6.59. The van der Waals surface area contributed by atoms with E-state index in [1.165, 1.54) is 44.1 Å². The minimum Gasteiger partial charge on any atom is -0.372 e. The first-order valence-electron chi connectivity index (χ1n) is 16.6. The van der Waals surface area contributed by atoms with Crippen molar-refractivity contribution in [2.24, 2.45) is 0 Å². The quantitative estimate of drug-likeness (QED) is 0.141. The van der Waals surface area contributed by atoms with Crippen LogP contribution >= 0.6 is 0 Å². The van der Waals surface area contributed by atoms with Crippen molar-refractivity contribution < 1.29 is 9.30 Å². The van der Waals surface area contributed by atoms with Crippen LogP contribution in [0.3, 0.4) is 0 Å². The van der Waals surface area contributed by atoms with Gasteiger partial charge in [0.2, 0.25) is 0 Å². The van der Waals surface area contributed by atoms with Crippen molar-refractivity contribution in [3.8, 4) is 17.2 Å². The maximum Gasteiger partial charge on any atom is 0.269 e. The summed E-state index contributed by atoms with van der Waals surface area (Å²) in [5.74, 6) is 0.932. The number of nitrogens with zero attached hydrogens (tertiary/aromatic N) is 4. The minimum atomic E-state index is -0.0253. The molecule has 0 saturated carbocycles. The average molecular weight is 625 g/mol. The molecule has 0 bridgehead atoms. The van der Waals surface area contributed by atoms with Crippen LogP contribution < -0.4 is 4.57 Å². The Morgan fingerprint density at radius 1 is 0.708 bits per heavy atom. The molecule has 4 heterocycles. The van der Waals surface area contributed by atoms with Gasteiger partial charge >= 0.3 is 0 Å². The van der Waals surface area contributed by atoms with E-state index in [9.17, 15) is 0 Å². The molecule has 8 aromatic rings. The van der Waals surface area contributed by atoms with Gasteiger partial charge in [0.15, 0.2) is 0 Å². The predicted molar refractivity (Wildman–Crippen MR) is 192 cm³/mol. The number of fused-ring (bicyclic) bond motifs is 5. The first-order valence-corrected chi connectivity index (χ1v) is 16.6. The molecule has 1 aliphatic rings. The number of aromatic nitrogens is 4. The van der Waals surface area contributed by atoms with E-state index in [1.807, 2.05) is 6.20 Å². The Morgan fingerprint density at radius 2 is 1.46 bits per heavy atom. The molecule has 0 saturated heterocycles. The van der Waals surface area contributed by atoms with Crippen LogP contribution in [0.1, 0.15) is 48.6 Å². The standard InChI is InChI=1S/C43H36N4O/c1-43(2,3)33-20-30(21-35(24-33)46-28-45(34-11-5-4-6-12-34)39-15-9-10-16-40(39)46)19-29-17-18-37-36-13-7-8-14-38(36)47(41(37)22-29)42-23-31-26-48-27-32(31)25-44-42/h4-18,20-25H,19,26-27H2,1-3H3. The molecule has 3 aromatic heterocycles. The number of para-hydroxylation sites is 4. The second kappa shape index (κ2) is 11.0. The van der Waals surface area contributed by atoms with Crippen molar-refractivity contribution in [2.45, 2.75) is 45.8 Å². The Hall–Kier alpha value is -5.52. The third-order valence-electron chi connectivity index (χ3n) is 9.64. The third kappa shape index (κ3) is 4.81. The minimum absolute atomic E-state index is 0.0253. The molecule has 0 radical (unpaired) electrons. The van der Waals surface area contributed by atoms with Gasteiger partial charge in [-0.25, -0.2) is 4.98 Å². The molecule has 5 nitrogen and oxygen atoms in total. The van der Waals surface area contributed by atoms with Gasteiger partial charge in [-0.1, -0.05) is 99.6 Å². The second-order valence-electron chi connectivity index (χ2n) is 13.9. The predicted octanol–water partition coefficient (Wildman–Crippen LogP) is 9.12. The largest absolute Gasteiger partial charge is 0.372 e. The molecule has 0 unspecified atom stereocenters. The van der Waals surface area contributed by atoms with Crippen molar-refractivity contribution in [3.05, 3.63) is 162 Å². The Morgan fingerprint density at radius 3 is 2.31 bits per heavy atom.